The van der Waals surface area contributed by atoms with Crippen molar-refractivity contribution in [1.82, 2.24) is 10.1 Å². The Morgan fingerprint density at radius 1 is 1.42 bits per heavy atom. The number of amides is 1. The molecule has 0 aromatic carbocycles. The lowest BCUT2D eigenvalue weighted by molar-refractivity contribution is -0.132. The number of nitrogens with zero attached hydrogens (tertiary/aromatic N) is 2. The minimum absolute atomic E-state index is 0.274. The molecule has 1 heterocycles. The van der Waals surface area contributed by atoms with Crippen molar-refractivity contribution >= 4 is 5.91 Å². The van der Waals surface area contributed by atoms with Crippen LogP contribution in [0, 0.1) is 19.8 Å². The molecule has 2 rings (SSSR count). The van der Waals surface area contributed by atoms with Gasteiger partial charge in [-0.3, -0.25) is 4.79 Å². The van der Waals surface area contributed by atoms with E-state index in [4.69, 9.17) is 4.52 Å². The van der Waals surface area contributed by atoms with Gasteiger partial charge in [-0.25, -0.2) is 0 Å². The zero-order valence-corrected chi connectivity index (χ0v) is 12.4. The summed E-state index contributed by atoms with van der Waals surface area (Å²) in [5.74, 6) is 1.65. The molecule has 0 aliphatic heterocycles. The SMILES string of the molecule is Cc1noc(C)c1CCC(=O)N(CC(C)C)C1CC1. The molecule has 0 atom stereocenters. The van der Waals surface area contributed by atoms with Gasteiger partial charge in [0.05, 0.1) is 5.69 Å². The van der Waals surface area contributed by atoms with Crippen LogP contribution in [-0.2, 0) is 11.2 Å². The van der Waals surface area contributed by atoms with Crippen LogP contribution in [0.15, 0.2) is 4.52 Å². The van der Waals surface area contributed by atoms with Crippen LogP contribution in [0.4, 0.5) is 0 Å². The molecule has 1 aromatic rings. The highest BCUT2D eigenvalue weighted by Crippen LogP contribution is 2.28. The first kappa shape index (κ1) is 14.1. The van der Waals surface area contributed by atoms with Gasteiger partial charge in [-0.15, -0.1) is 0 Å². The van der Waals surface area contributed by atoms with Crippen LogP contribution >= 0.6 is 0 Å². The normalized spacial score (nSPS) is 15.0. The third-order valence-corrected chi connectivity index (χ3v) is 3.64. The lowest BCUT2D eigenvalue weighted by Crippen LogP contribution is -2.36. The Hall–Kier alpha value is -1.32. The molecular weight excluding hydrogens is 240 g/mol. The van der Waals surface area contributed by atoms with Gasteiger partial charge in [0, 0.05) is 24.6 Å². The van der Waals surface area contributed by atoms with E-state index in [1.165, 1.54) is 12.8 Å². The molecule has 0 spiro atoms. The van der Waals surface area contributed by atoms with Gasteiger partial charge in [-0.2, -0.15) is 0 Å². The fraction of sp³-hybridized carbons (Fsp3) is 0.733. The third-order valence-electron chi connectivity index (χ3n) is 3.64. The second-order valence-electron chi connectivity index (χ2n) is 5.97. The molecule has 0 saturated heterocycles. The van der Waals surface area contributed by atoms with Gasteiger partial charge in [-0.1, -0.05) is 19.0 Å². The molecule has 106 valence electrons. The van der Waals surface area contributed by atoms with Crippen LogP contribution in [0.25, 0.3) is 0 Å². The third kappa shape index (κ3) is 3.58. The van der Waals surface area contributed by atoms with Crippen LogP contribution in [-0.4, -0.2) is 28.6 Å². The first-order valence-electron chi connectivity index (χ1n) is 7.20. The van der Waals surface area contributed by atoms with Gasteiger partial charge in [0.15, 0.2) is 0 Å². The van der Waals surface area contributed by atoms with E-state index in [1.54, 1.807) is 0 Å². The average Bonchev–Trinajstić information content (AvgIpc) is 3.12. The highest BCUT2D eigenvalue weighted by Gasteiger charge is 2.32. The number of carbonyl (C=O) groups excluding carboxylic acids is 1. The maximum absolute atomic E-state index is 12.4. The summed E-state index contributed by atoms with van der Waals surface area (Å²) < 4.78 is 5.14. The summed E-state index contributed by atoms with van der Waals surface area (Å²) >= 11 is 0. The number of rotatable bonds is 6. The molecule has 4 nitrogen and oxygen atoms in total. The van der Waals surface area contributed by atoms with Crippen LogP contribution in [0.2, 0.25) is 0 Å². The molecule has 1 aliphatic carbocycles. The molecule has 1 aromatic heterocycles. The van der Waals surface area contributed by atoms with Crippen molar-refractivity contribution in [2.45, 2.75) is 59.4 Å². The predicted octanol–water partition coefficient (Wildman–Crippen LogP) is 2.87. The Labute approximate surface area is 115 Å². The standard InChI is InChI=1S/C15H24N2O2/c1-10(2)9-17(13-5-6-13)15(18)8-7-14-11(3)16-19-12(14)4/h10,13H,5-9H2,1-4H3. The Morgan fingerprint density at radius 2 is 2.11 bits per heavy atom. The summed E-state index contributed by atoms with van der Waals surface area (Å²) in [4.78, 5) is 14.4. The Kier molecular flexibility index (Phi) is 4.27. The molecule has 0 radical (unpaired) electrons. The summed E-state index contributed by atoms with van der Waals surface area (Å²) in [5.41, 5.74) is 2.00. The lowest BCUT2D eigenvalue weighted by atomic mass is 10.1. The van der Waals surface area contributed by atoms with E-state index in [0.29, 0.717) is 18.4 Å². The minimum atomic E-state index is 0.274. The number of aromatic nitrogens is 1. The molecule has 0 bridgehead atoms. The molecule has 0 unspecified atom stereocenters. The van der Waals surface area contributed by atoms with Gasteiger partial charge in [-0.05, 0) is 39.0 Å². The largest absolute Gasteiger partial charge is 0.361 e. The molecule has 1 amide bonds. The molecule has 4 heteroatoms. The van der Waals surface area contributed by atoms with Gasteiger partial charge >= 0.3 is 0 Å². The van der Waals surface area contributed by atoms with Gasteiger partial charge in [0.2, 0.25) is 5.91 Å². The van der Waals surface area contributed by atoms with E-state index in [2.05, 4.69) is 23.9 Å². The van der Waals surface area contributed by atoms with Gasteiger partial charge in [0.1, 0.15) is 5.76 Å². The number of hydrogen-bond donors (Lipinski definition) is 0. The number of aryl methyl sites for hydroxylation is 2. The van der Waals surface area contributed by atoms with Crippen molar-refractivity contribution in [2.75, 3.05) is 6.54 Å². The first-order chi connectivity index (χ1) is 8.99. The van der Waals surface area contributed by atoms with E-state index in [-0.39, 0.29) is 5.91 Å². The molecular formula is C15H24N2O2. The van der Waals surface area contributed by atoms with Crippen molar-refractivity contribution in [3.63, 3.8) is 0 Å². The summed E-state index contributed by atoms with van der Waals surface area (Å²) in [6, 6.07) is 0.500. The fourth-order valence-electron chi connectivity index (χ4n) is 2.47. The van der Waals surface area contributed by atoms with E-state index in [1.807, 2.05) is 13.8 Å². The first-order valence-corrected chi connectivity index (χ1v) is 7.20. The van der Waals surface area contributed by atoms with E-state index < -0.39 is 0 Å². The van der Waals surface area contributed by atoms with Crippen LogP contribution in [0.3, 0.4) is 0 Å². The van der Waals surface area contributed by atoms with Crippen molar-refractivity contribution in [1.29, 1.82) is 0 Å². The lowest BCUT2D eigenvalue weighted by Gasteiger charge is -2.24. The van der Waals surface area contributed by atoms with Crippen molar-refractivity contribution in [3.8, 4) is 0 Å². The topological polar surface area (TPSA) is 46.3 Å². The quantitative estimate of drug-likeness (QED) is 0.793. The highest BCUT2D eigenvalue weighted by molar-refractivity contribution is 5.77. The Morgan fingerprint density at radius 3 is 2.58 bits per heavy atom. The molecule has 1 aliphatic rings. The van der Waals surface area contributed by atoms with E-state index in [0.717, 1.165) is 30.0 Å². The molecule has 0 N–H and O–H groups in total. The zero-order valence-electron chi connectivity index (χ0n) is 12.4. The Bertz CT molecular complexity index is 427. The second-order valence-corrected chi connectivity index (χ2v) is 5.97. The van der Waals surface area contributed by atoms with E-state index >= 15 is 0 Å². The van der Waals surface area contributed by atoms with Crippen LogP contribution in [0.5, 0.6) is 0 Å². The number of carbonyl (C=O) groups is 1. The maximum Gasteiger partial charge on any atom is 0.223 e. The highest BCUT2D eigenvalue weighted by atomic mass is 16.5. The monoisotopic (exact) mass is 264 g/mol. The number of hydrogen-bond acceptors (Lipinski definition) is 3. The average molecular weight is 264 g/mol. The van der Waals surface area contributed by atoms with Crippen molar-refractivity contribution in [3.05, 3.63) is 17.0 Å². The second kappa shape index (κ2) is 5.76. The fourth-order valence-corrected chi connectivity index (χ4v) is 2.47. The van der Waals surface area contributed by atoms with E-state index in [9.17, 15) is 4.79 Å². The summed E-state index contributed by atoms with van der Waals surface area (Å²) in [6.45, 7) is 9.05. The van der Waals surface area contributed by atoms with Gasteiger partial charge in [0.25, 0.3) is 0 Å². The molecule has 1 saturated carbocycles. The smallest absolute Gasteiger partial charge is 0.223 e. The minimum Gasteiger partial charge on any atom is -0.361 e. The zero-order chi connectivity index (χ0) is 14.0. The summed E-state index contributed by atoms with van der Waals surface area (Å²) in [6.07, 6.45) is 3.64. The Balaban J connectivity index is 1.92. The van der Waals surface area contributed by atoms with Crippen molar-refractivity contribution < 1.29 is 9.32 Å². The molecule has 1 fully saturated rings. The molecule has 19 heavy (non-hydrogen) atoms. The maximum atomic E-state index is 12.4. The summed E-state index contributed by atoms with van der Waals surface area (Å²) in [5, 5.41) is 3.93. The van der Waals surface area contributed by atoms with Gasteiger partial charge < -0.3 is 9.42 Å². The predicted molar refractivity (Wildman–Crippen MR) is 73.9 cm³/mol. The van der Waals surface area contributed by atoms with Crippen LogP contribution < -0.4 is 0 Å². The van der Waals surface area contributed by atoms with Crippen LogP contribution in [0.1, 0.15) is 50.1 Å². The summed E-state index contributed by atoms with van der Waals surface area (Å²) in [7, 11) is 0. The van der Waals surface area contributed by atoms with Crippen molar-refractivity contribution in [2.24, 2.45) is 5.92 Å².